The summed E-state index contributed by atoms with van der Waals surface area (Å²) in [5, 5.41) is 6.62. The van der Waals surface area contributed by atoms with Crippen LogP contribution < -0.4 is 10.6 Å². The van der Waals surface area contributed by atoms with Gasteiger partial charge in [0.25, 0.3) is 5.91 Å². The van der Waals surface area contributed by atoms with E-state index in [2.05, 4.69) is 51.9 Å². The average molecular weight is 446 g/mol. The van der Waals surface area contributed by atoms with Gasteiger partial charge in [0.2, 0.25) is 6.41 Å². The molecular weight excluding hydrogens is 418 g/mol. The molecule has 6 heteroatoms. The molecule has 2 aromatic rings. The van der Waals surface area contributed by atoms with Crippen molar-refractivity contribution in [1.82, 2.24) is 15.2 Å². The fourth-order valence-electron chi connectivity index (χ4n) is 3.21. The van der Waals surface area contributed by atoms with Gasteiger partial charge in [-0.25, -0.2) is 0 Å². The maximum atomic E-state index is 12.9. The van der Waals surface area contributed by atoms with Gasteiger partial charge in [-0.15, -0.1) is 0 Å². The number of rotatable bonds is 8. The van der Waals surface area contributed by atoms with E-state index in [1.54, 1.807) is 0 Å². The van der Waals surface area contributed by atoms with Crippen LogP contribution in [0, 0.1) is 0 Å². The summed E-state index contributed by atoms with van der Waals surface area (Å²) < 4.78 is 3.04. The Morgan fingerprint density at radius 2 is 2.00 bits per heavy atom. The van der Waals surface area contributed by atoms with Crippen molar-refractivity contribution in [2.24, 2.45) is 0 Å². The number of nitrogens with one attached hydrogen (secondary N) is 2. The number of fused-ring (bicyclic) bond motifs is 1. The summed E-state index contributed by atoms with van der Waals surface area (Å²) in [6.45, 7) is 10.6. The molecule has 0 saturated heterocycles. The van der Waals surface area contributed by atoms with Crippen molar-refractivity contribution in [2.75, 3.05) is 6.54 Å². The maximum absolute atomic E-state index is 12.9. The summed E-state index contributed by atoms with van der Waals surface area (Å²) in [5.41, 5.74) is 4.63. The zero-order valence-electron chi connectivity index (χ0n) is 17.1. The molecule has 5 nitrogen and oxygen atoms in total. The smallest absolute Gasteiger partial charge is 0.252 e. The Balaban J connectivity index is 2.27. The number of carbonyl (C=O) groups is 2. The topological polar surface area (TPSA) is 63.1 Å². The number of amides is 2. The number of halogens is 1. The third kappa shape index (κ3) is 5.13. The Bertz CT molecular complexity index is 939. The molecule has 0 aliphatic rings. The fourth-order valence-corrected chi connectivity index (χ4v) is 3.66. The zero-order valence-corrected chi connectivity index (χ0v) is 18.7. The largest absolute Gasteiger partial charge is 0.348 e. The van der Waals surface area contributed by atoms with Gasteiger partial charge < -0.3 is 15.2 Å². The molecule has 0 radical (unpaired) electrons. The molecule has 1 aromatic heterocycles. The molecule has 0 aliphatic carbocycles. The minimum Gasteiger partial charge on any atom is -0.348 e. The number of carbonyl (C=O) groups excluding carboxylic acids is 2. The van der Waals surface area contributed by atoms with E-state index in [0.717, 1.165) is 38.6 Å². The predicted octanol–water partition coefficient (Wildman–Crippen LogP) is 5.09. The van der Waals surface area contributed by atoms with Crippen LogP contribution in [0.3, 0.4) is 0 Å². The van der Waals surface area contributed by atoms with Gasteiger partial charge in [-0.2, -0.15) is 0 Å². The minimum absolute atomic E-state index is 0.102. The van der Waals surface area contributed by atoms with Gasteiger partial charge in [0.15, 0.2) is 0 Å². The third-order valence-electron chi connectivity index (χ3n) is 4.72. The molecule has 0 bridgehead atoms. The van der Waals surface area contributed by atoms with Gasteiger partial charge in [0.1, 0.15) is 0 Å². The van der Waals surface area contributed by atoms with Crippen molar-refractivity contribution in [1.29, 1.82) is 0 Å². The maximum Gasteiger partial charge on any atom is 0.252 e. The van der Waals surface area contributed by atoms with Crippen molar-refractivity contribution < 1.29 is 9.59 Å². The lowest BCUT2D eigenvalue weighted by molar-refractivity contribution is -0.108. The minimum atomic E-state index is -0.102. The molecule has 28 heavy (non-hydrogen) atoms. The number of hydrogen-bond donors (Lipinski definition) is 2. The Labute approximate surface area is 175 Å². The van der Waals surface area contributed by atoms with Gasteiger partial charge in [-0.05, 0) is 64.0 Å². The summed E-state index contributed by atoms with van der Waals surface area (Å²) in [6, 6.07) is 6.21. The zero-order chi connectivity index (χ0) is 20.8. The van der Waals surface area contributed by atoms with Crippen LogP contribution in [-0.4, -0.2) is 23.4 Å². The van der Waals surface area contributed by atoms with Gasteiger partial charge in [-0.3, -0.25) is 9.59 Å². The normalized spacial score (nSPS) is 12.9. The van der Waals surface area contributed by atoms with Crippen molar-refractivity contribution >= 4 is 39.2 Å². The van der Waals surface area contributed by atoms with E-state index < -0.39 is 0 Å². The van der Waals surface area contributed by atoms with E-state index in [0.29, 0.717) is 24.6 Å². The first-order valence-electron chi connectivity index (χ1n) is 9.43. The third-order valence-corrected chi connectivity index (χ3v) is 5.18. The summed E-state index contributed by atoms with van der Waals surface area (Å²) in [5.74, 6) is -0.102. The van der Waals surface area contributed by atoms with Crippen LogP contribution >= 0.6 is 15.9 Å². The summed E-state index contributed by atoms with van der Waals surface area (Å²) in [4.78, 5) is 23.5. The molecule has 0 fully saturated rings. The van der Waals surface area contributed by atoms with Crippen LogP contribution in [0.4, 0.5) is 0 Å². The van der Waals surface area contributed by atoms with Crippen LogP contribution in [0.25, 0.3) is 10.9 Å². The van der Waals surface area contributed by atoms with Crippen LogP contribution in [-0.2, 0) is 4.79 Å². The van der Waals surface area contributed by atoms with E-state index in [9.17, 15) is 9.59 Å². The van der Waals surface area contributed by atoms with E-state index in [-0.39, 0.29) is 5.91 Å². The fraction of sp³-hybridized carbons (Fsp3) is 0.364. The molecule has 0 unspecified atom stereocenters. The van der Waals surface area contributed by atoms with Crippen molar-refractivity contribution in [2.45, 2.75) is 47.1 Å². The molecule has 1 heterocycles. The average Bonchev–Trinajstić information content (AvgIpc) is 3.07. The standard InChI is InChI=1S/C22H28BrN3O2/c1-6-17(9-16(5)25-13-27)15(4)12-24-22(28)20-10-18(23)11-21-19(20)7-8-26(21)14(2)3/h7-11,13-14H,6,12H2,1-5H3,(H,24,28)(H,25,27)/b16-9-,17-15+. The molecule has 0 saturated carbocycles. The van der Waals surface area contributed by atoms with Gasteiger partial charge in [0, 0.05) is 39.9 Å². The highest BCUT2D eigenvalue weighted by Crippen LogP contribution is 2.27. The predicted molar refractivity (Wildman–Crippen MR) is 118 cm³/mol. The highest BCUT2D eigenvalue weighted by atomic mass is 79.9. The van der Waals surface area contributed by atoms with Crippen LogP contribution in [0.2, 0.25) is 0 Å². The Morgan fingerprint density at radius 1 is 1.29 bits per heavy atom. The number of aromatic nitrogens is 1. The van der Waals surface area contributed by atoms with E-state index >= 15 is 0 Å². The number of nitrogens with zero attached hydrogens (tertiary/aromatic N) is 1. The van der Waals surface area contributed by atoms with Crippen LogP contribution in [0.15, 0.2) is 51.8 Å². The lowest BCUT2D eigenvalue weighted by Crippen LogP contribution is -2.25. The van der Waals surface area contributed by atoms with Crippen LogP contribution in [0.1, 0.15) is 57.4 Å². The molecule has 2 amide bonds. The first-order chi connectivity index (χ1) is 13.3. The van der Waals surface area contributed by atoms with Crippen molar-refractivity contribution in [3.05, 3.63) is 57.4 Å². The van der Waals surface area contributed by atoms with E-state index in [4.69, 9.17) is 0 Å². The molecule has 0 atom stereocenters. The quantitative estimate of drug-likeness (QED) is 0.438. The van der Waals surface area contributed by atoms with E-state index in [1.807, 2.05) is 44.3 Å². The van der Waals surface area contributed by atoms with Crippen LogP contribution in [0.5, 0.6) is 0 Å². The number of benzene rings is 1. The van der Waals surface area contributed by atoms with Gasteiger partial charge in [0.05, 0.1) is 5.52 Å². The second-order valence-corrected chi connectivity index (χ2v) is 8.05. The van der Waals surface area contributed by atoms with Gasteiger partial charge >= 0.3 is 0 Å². The Morgan fingerprint density at radius 3 is 2.61 bits per heavy atom. The highest BCUT2D eigenvalue weighted by Gasteiger charge is 2.15. The second-order valence-electron chi connectivity index (χ2n) is 7.13. The van der Waals surface area contributed by atoms with Gasteiger partial charge in [-0.1, -0.05) is 28.4 Å². The lowest BCUT2D eigenvalue weighted by Gasteiger charge is -2.13. The first-order valence-corrected chi connectivity index (χ1v) is 10.2. The van der Waals surface area contributed by atoms with Crippen molar-refractivity contribution in [3.63, 3.8) is 0 Å². The highest BCUT2D eigenvalue weighted by molar-refractivity contribution is 9.10. The van der Waals surface area contributed by atoms with Crippen molar-refractivity contribution in [3.8, 4) is 0 Å². The molecule has 1 aromatic carbocycles. The summed E-state index contributed by atoms with van der Waals surface area (Å²) in [6.07, 6.45) is 5.44. The summed E-state index contributed by atoms with van der Waals surface area (Å²) >= 11 is 3.53. The second kappa shape index (κ2) is 9.73. The number of hydrogen-bond acceptors (Lipinski definition) is 2. The summed E-state index contributed by atoms with van der Waals surface area (Å²) in [7, 11) is 0. The van der Waals surface area contributed by atoms with E-state index in [1.165, 1.54) is 0 Å². The number of allylic oxidation sites excluding steroid dienone is 3. The molecule has 2 rings (SSSR count). The lowest BCUT2D eigenvalue weighted by atomic mass is 10.1. The first kappa shape index (κ1) is 22.0. The molecular formula is C22H28BrN3O2. The molecule has 0 spiro atoms. The Kier molecular flexibility index (Phi) is 7.63. The molecule has 0 aliphatic heterocycles. The molecule has 150 valence electrons. The molecule has 2 N–H and O–H groups in total. The SMILES string of the molecule is CCC(/C=C(/C)NC=O)=C(/C)CNC(=O)c1cc(Br)cc2c1ccn2C(C)C. The monoisotopic (exact) mass is 445 g/mol. The Hall–Kier alpha value is -2.34.